The maximum absolute atomic E-state index is 11.1. The monoisotopic (exact) mass is 202 g/mol. The van der Waals surface area contributed by atoms with Gasteiger partial charge in [0.2, 0.25) is 0 Å². The van der Waals surface area contributed by atoms with Crippen molar-refractivity contribution in [2.24, 2.45) is 0 Å². The highest BCUT2D eigenvalue weighted by atomic mass is 16.3. The number of Topliss-reactive ketones (excluding diaryl/α,β-unsaturated/α-hetero) is 1. The van der Waals surface area contributed by atoms with Crippen LogP contribution in [-0.4, -0.2) is 20.7 Å². The number of hydrogen-bond acceptors (Lipinski definition) is 3. The lowest BCUT2D eigenvalue weighted by atomic mass is 10.3. The largest absolute Gasteiger partial charge is 0.504 e. The fourth-order valence-corrected chi connectivity index (χ4v) is 1.33. The third-order valence-electron chi connectivity index (χ3n) is 2.05. The molecule has 1 N–H and O–H groups in total. The molecule has 0 unspecified atom stereocenters. The van der Waals surface area contributed by atoms with Crippen LogP contribution >= 0.6 is 0 Å². The number of para-hydroxylation sites is 1. The highest BCUT2D eigenvalue weighted by Crippen LogP contribution is 2.17. The van der Waals surface area contributed by atoms with Crippen LogP contribution in [0.15, 0.2) is 36.5 Å². The highest BCUT2D eigenvalue weighted by Gasteiger charge is 2.12. The number of benzene rings is 1. The molecule has 2 rings (SSSR count). The Kier molecular flexibility index (Phi) is 2.25. The smallest absolute Gasteiger partial charge is 0.183 e. The SMILES string of the molecule is CC(=O)c1nn(-c2ccccc2)cc1O. The Morgan fingerprint density at radius 2 is 2.00 bits per heavy atom. The molecule has 0 aliphatic heterocycles. The predicted octanol–water partition coefficient (Wildman–Crippen LogP) is 1.78. The second-order valence-electron chi connectivity index (χ2n) is 3.20. The van der Waals surface area contributed by atoms with Crippen molar-refractivity contribution in [3.05, 3.63) is 42.2 Å². The first-order valence-corrected chi connectivity index (χ1v) is 4.53. The molecule has 1 heterocycles. The molecule has 0 aliphatic carbocycles. The molecule has 1 aromatic carbocycles. The normalized spacial score (nSPS) is 10.2. The quantitative estimate of drug-likeness (QED) is 0.755. The first-order chi connectivity index (χ1) is 7.18. The molecule has 0 radical (unpaired) electrons. The molecule has 0 saturated heterocycles. The molecular weight excluding hydrogens is 192 g/mol. The predicted molar refractivity (Wildman–Crippen MR) is 55.2 cm³/mol. The Morgan fingerprint density at radius 1 is 1.33 bits per heavy atom. The van der Waals surface area contributed by atoms with Crippen LogP contribution in [0.1, 0.15) is 17.4 Å². The van der Waals surface area contributed by atoms with Crippen LogP contribution in [0, 0.1) is 0 Å². The zero-order chi connectivity index (χ0) is 10.8. The minimum atomic E-state index is -0.248. The summed E-state index contributed by atoms with van der Waals surface area (Å²) in [5.41, 5.74) is 0.902. The summed E-state index contributed by atoms with van der Waals surface area (Å²) in [5.74, 6) is -0.339. The first-order valence-electron chi connectivity index (χ1n) is 4.53. The molecule has 76 valence electrons. The fourth-order valence-electron chi connectivity index (χ4n) is 1.33. The molecule has 15 heavy (non-hydrogen) atoms. The van der Waals surface area contributed by atoms with E-state index in [-0.39, 0.29) is 17.2 Å². The molecule has 1 aromatic heterocycles. The average molecular weight is 202 g/mol. The molecule has 0 saturated carbocycles. The van der Waals surface area contributed by atoms with Gasteiger partial charge in [0.1, 0.15) is 0 Å². The number of aromatic nitrogens is 2. The van der Waals surface area contributed by atoms with E-state index in [1.54, 1.807) is 0 Å². The fraction of sp³-hybridized carbons (Fsp3) is 0.0909. The van der Waals surface area contributed by atoms with E-state index in [0.29, 0.717) is 0 Å². The Labute approximate surface area is 86.8 Å². The lowest BCUT2D eigenvalue weighted by Gasteiger charge is -1.98. The van der Waals surface area contributed by atoms with Gasteiger partial charge in [0, 0.05) is 6.92 Å². The Morgan fingerprint density at radius 3 is 2.53 bits per heavy atom. The van der Waals surface area contributed by atoms with E-state index in [4.69, 9.17) is 0 Å². The molecule has 4 nitrogen and oxygen atoms in total. The standard InChI is InChI=1S/C11H10N2O2/c1-8(14)11-10(15)7-13(12-11)9-5-3-2-4-6-9/h2-7,15H,1H3. The molecule has 0 amide bonds. The minimum Gasteiger partial charge on any atom is -0.504 e. The van der Waals surface area contributed by atoms with Gasteiger partial charge in [-0.25, -0.2) is 4.68 Å². The first kappa shape index (κ1) is 9.45. The lowest BCUT2D eigenvalue weighted by molar-refractivity contribution is 0.101. The van der Waals surface area contributed by atoms with Gasteiger partial charge in [-0.1, -0.05) is 18.2 Å². The van der Waals surface area contributed by atoms with Crippen LogP contribution in [0.25, 0.3) is 5.69 Å². The maximum Gasteiger partial charge on any atom is 0.183 e. The summed E-state index contributed by atoms with van der Waals surface area (Å²) in [4.78, 5) is 11.1. The molecule has 0 spiro atoms. The molecular formula is C11H10N2O2. The molecule has 0 fully saturated rings. The topological polar surface area (TPSA) is 55.1 Å². The number of hydrogen-bond donors (Lipinski definition) is 1. The number of carbonyl (C=O) groups is 1. The van der Waals surface area contributed by atoms with Gasteiger partial charge in [-0.2, -0.15) is 5.10 Å². The zero-order valence-corrected chi connectivity index (χ0v) is 8.21. The van der Waals surface area contributed by atoms with Gasteiger partial charge < -0.3 is 5.11 Å². The van der Waals surface area contributed by atoms with Gasteiger partial charge in [0.05, 0.1) is 11.9 Å². The summed E-state index contributed by atoms with van der Waals surface area (Å²) < 4.78 is 1.48. The van der Waals surface area contributed by atoms with Gasteiger partial charge in [-0.05, 0) is 12.1 Å². The number of aromatic hydroxyl groups is 1. The summed E-state index contributed by atoms with van der Waals surface area (Å²) in [7, 11) is 0. The molecule has 2 aromatic rings. The molecule has 0 aliphatic rings. The number of rotatable bonds is 2. The van der Waals surface area contributed by atoms with Gasteiger partial charge in [-0.3, -0.25) is 4.79 Å². The van der Waals surface area contributed by atoms with Crippen molar-refractivity contribution in [1.82, 2.24) is 9.78 Å². The molecule has 4 heteroatoms. The van der Waals surface area contributed by atoms with Crippen molar-refractivity contribution in [2.75, 3.05) is 0 Å². The Hall–Kier alpha value is -2.10. The van der Waals surface area contributed by atoms with Crippen LogP contribution in [0.2, 0.25) is 0 Å². The van der Waals surface area contributed by atoms with E-state index in [2.05, 4.69) is 5.10 Å². The summed E-state index contributed by atoms with van der Waals surface area (Å²) in [5, 5.41) is 13.5. The van der Waals surface area contributed by atoms with Gasteiger partial charge >= 0.3 is 0 Å². The zero-order valence-electron chi connectivity index (χ0n) is 8.21. The van der Waals surface area contributed by atoms with Crippen molar-refractivity contribution in [2.45, 2.75) is 6.92 Å². The highest BCUT2D eigenvalue weighted by molar-refractivity contribution is 5.94. The van der Waals surface area contributed by atoms with Crippen LogP contribution in [0.5, 0.6) is 5.75 Å². The summed E-state index contributed by atoms with van der Waals surface area (Å²) in [6, 6.07) is 9.30. The van der Waals surface area contributed by atoms with E-state index in [1.807, 2.05) is 30.3 Å². The van der Waals surface area contributed by atoms with Crippen LogP contribution in [-0.2, 0) is 0 Å². The minimum absolute atomic E-state index is 0.0913. The Balaban J connectivity index is 2.48. The summed E-state index contributed by atoms with van der Waals surface area (Å²) in [6.07, 6.45) is 1.42. The number of nitrogens with zero attached hydrogens (tertiary/aromatic N) is 2. The third-order valence-corrected chi connectivity index (χ3v) is 2.05. The van der Waals surface area contributed by atoms with E-state index in [0.717, 1.165) is 5.69 Å². The van der Waals surface area contributed by atoms with E-state index in [1.165, 1.54) is 17.8 Å². The molecule has 0 bridgehead atoms. The van der Waals surface area contributed by atoms with E-state index in [9.17, 15) is 9.90 Å². The number of ketones is 1. The van der Waals surface area contributed by atoms with E-state index < -0.39 is 0 Å². The van der Waals surface area contributed by atoms with Gasteiger partial charge in [0.15, 0.2) is 17.2 Å². The van der Waals surface area contributed by atoms with Crippen LogP contribution in [0.3, 0.4) is 0 Å². The van der Waals surface area contributed by atoms with Crippen molar-refractivity contribution < 1.29 is 9.90 Å². The Bertz CT molecular complexity index is 489. The summed E-state index contributed by atoms with van der Waals surface area (Å²) >= 11 is 0. The number of carbonyl (C=O) groups excluding carboxylic acids is 1. The second-order valence-corrected chi connectivity index (χ2v) is 3.20. The second kappa shape index (κ2) is 3.57. The van der Waals surface area contributed by atoms with Crippen LogP contribution < -0.4 is 0 Å². The molecule has 0 atom stereocenters. The average Bonchev–Trinajstić information content (AvgIpc) is 2.62. The van der Waals surface area contributed by atoms with E-state index >= 15 is 0 Å². The lowest BCUT2D eigenvalue weighted by Crippen LogP contribution is -1.98. The van der Waals surface area contributed by atoms with Crippen molar-refractivity contribution in [3.8, 4) is 11.4 Å². The van der Waals surface area contributed by atoms with Crippen LogP contribution in [0.4, 0.5) is 0 Å². The van der Waals surface area contributed by atoms with Crippen molar-refractivity contribution in [3.63, 3.8) is 0 Å². The maximum atomic E-state index is 11.1. The van der Waals surface area contributed by atoms with Crippen molar-refractivity contribution >= 4 is 5.78 Å². The van der Waals surface area contributed by atoms with Crippen molar-refractivity contribution in [1.29, 1.82) is 0 Å². The summed E-state index contributed by atoms with van der Waals surface area (Å²) in [6.45, 7) is 1.37. The van der Waals surface area contributed by atoms with Gasteiger partial charge in [-0.15, -0.1) is 0 Å². The third kappa shape index (κ3) is 1.74. The van der Waals surface area contributed by atoms with Gasteiger partial charge in [0.25, 0.3) is 0 Å².